The Morgan fingerprint density at radius 3 is 2.28 bits per heavy atom. The smallest absolute Gasteiger partial charge is 0.0534 e. The zero-order chi connectivity index (χ0) is 12.4. The van der Waals surface area contributed by atoms with Crippen LogP contribution in [0.1, 0.15) is 0 Å². The molecule has 0 saturated carbocycles. The van der Waals surface area contributed by atoms with Crippen molar-refractivity contribution in [2.24, 2.45) is 0 Å². The van der Waals surface area contributed by atoms with Crippen molar-refractivity contribution in [1.29, 1.82) is 0 Å². The van der Waals surface area contributed by atoms with Gasteiger partial charge in [-0.3, -0.25) is 4.98 Å². The molecule has 0 aliphatic heterocycles. The van der Waals surface area contributed by atoms with Crippen molar-refractivity contribution in [3.63, 3.8) is 0 Å². The average molecular weight is 255 g/mol. The van der Waals surface area contributed by atoms with Crippen molar-refractivity contribution in [3.8, 4) is 22.4 Å². The predicted octanol–water partition coefficient (Wildman–Crippen LogP) is 4.40. The molecule has 3 aromatic rings. The molecule has 2 nitrogen and oxygen atoms in total. The Kier molecular flexibility index (Phi) is 2.87. The molecule has 0 atom stereocenters. The zero-order valence-electron chi connectivity index (χ0n) is 9.60. The van der Waals surface area contributed by atoms with E-state index in [-0.39, 0.29) is 0 Å². The molecule has 2 heterocycles. The second-order valence-corrected chi connectivity index (χ2v) is 4.45. The van der Waals surface area contributed by atoms with E-state index in [0.717, 1.165) is 27.4 Å². The number of H-pyrrole nitrogens is 1. The number of rotatable bonds is 2. The van der Waals surface area contributed by atoms with Gasteiger partial charge in [0.25, 0.3) is 0 Å². The average Bonchev–Trinajstić information content (AvgIpc) is 2.90. The van der Waals surface area contributed by atoms with Crippen LogP contribution in [0, 0.1) is 0 Å². The number of pyridine rings is 1. The van der Waals surface area contributed by atoms with Crippen LogP contribution in [0.5, 0.6) is 0 Å². The molecule has 0 radical (unpaired) electrons. The second kappa shape index (κ2) is 4.67. The molecule has 18 heavy (non-hydrogen) atoms. The fourth-order valence-corrected chi connectivity index (χ4v) is 2.12. The summed E-state index contributed by atoms with van der Waals surface area (Å²) in [4.78, 5) is 7.31. The van der Waals surface area contributed by atoms with Gasteiger partial charge in [-0.25, -0.2) is 0 Å². The lowest BCUT2D eigenvalue weighted by Gasteiger charge is -2.04. The first kappa shape index (κ1) is 11.1. The minimum absolute atomic E-state index is 0.750. The third-order valence-electron chi connectivity index (χ3n) is 2.87. The van der Waals surface area contributed by atoms with Crippen LogP contribution in [0.15, 0.2) is 61.1 Å². The number of aromatic amines is 1. The quantitative estimate of drug-likeness (QED) is 0.722. The lowest BCUT2D eigenvalue weighted by Crippen LogP contribution is -1.82. The number of nitrogens with one attached hydrogen (secondary N) is 1. The van der Waals surface area contributed by atoms with Crippen LogP contribution < -0.4 is 0 Å². The monoisotopic (exact) mass is 254 g/mol. The van der Waals surface area contributed by atoms with Crippen LogP contribution in [0.3, 0.4) is 0 Å². The zero-order valence-corrected chi connectivity index (χ0v) is 10.4. The van der Waals surface area contributed by atoms with E-state index < -0.39 is 0 Å². The Hall–Kier alpha value is -2.06. The highest BCUT2D eigenvalue weighted by Crippen LogP contribution is 2.31. The molecule has 0 aliphatic carbocycles. The number of benzene rings is 1. The van der Waals surface area contributed by atoms with Gasteiger partial charge in [0, 0.05) is 34.7 Å². The van der Waals surface area contributed by atoms with Gasteiger partial charge in [0.15, 0.2) is 0 Å². The lowest BCUT2D eigenvalue weighted by atomic mass is 10.0. The van der Waals surface area contributed by atoms with Gasteiger partial charge >= 0.3 is 0 Å². The molecule has 3 heteroatoms. The first-order chi connectivity index (χ1) is 8.84. The van der Waals surface area contributed by atoms with Crippen molar-refractivity contribution < 1.29 is 0 Å². The maximum atomic E-state index is 5.91. The van der Waals surface area contributed by atoms with Gasteiger partial charge in [-0.05, 0) is 35.9 Å². The Morgan fingerprint density at radius 1 is 0.833 bits per heavy atom. The fourth-order valence-electron chi connectivity index (χ4n) is 2.00. The van der Waals surface area contributed by atoms with Crippen LogP contribution >= 0.6 is 11.6 Å². The third-order valence-corrected chi connectivity index (χ3v) is 3.12. The highest BCUT2D eigenvalue weighted by atomic mass is 35.5. The Balaban J connectivity index is 2.10. The summed E-state index contributed by atoms with van der Waals surface area (Å²) >= 11 is 5.91. The van der Waals surface area contributed by atoms with E-state index >= 15 is 0 Å². The molecule has 1 aromatic carbocycles. The van der Waals surface area contributed by atoms with Gasteiger partial charge in [0.1, 0.15) is 0 Å². The summed E-state index contributed by atoms with van der Waals surface area (Å²) < 4.78 is 0. The fraction of sp³-hybridized carbons (Fsp3) is 0. The van der Waals surface area contributed by atoms with Gasteiger partial charge in [-0.1, -0.05) is 23.7 Å². The van der Waals surface area contributed by atoms with Gasteiger partial charge in [0.2, 0.25) is 0 Å². The highest BCUT2D eigenvalue weighted by Gasteiger charge is 2.07. The minimum Gasteiger partial charge on any atom is -0.361 e. The third kappa shape index (κ3) is 2.03. The van der Waals surface area contributed by atoms with Crippen molar-refractivity contribution in [1.82, 2.24) is 9.97 Å². The van der Waals surface area contributed by atoms with Crippen LogP contribution in [0.2, 0.25) is 5.02 Å². The Morgan fingerprint density at radius 2 is 1.56 bits per heavy atom. The van der Waals surface area contributed by atoms with Gasteiger partial charge in [0.05, 0.1) is 5.69 Å². The van der Waals surface area contributed by atoms with E-state index in [1.54, 1.807) is 12.4 Å². The topological polar surface area (TPSA) is 28.7 Å². The summed E-state index contributed by atoms with van der Waals surface area (Å²) in [7, 11) is 0. The summed E-state index contributed by atoms with van der Waals surface area (Å²) in [5, 5.41) is 0.750. The van der Waals surface area contributed by atoms with E-state index in [0.29, 0.717) is 0 Å². The number of hydrogen-bond donors (Lipinski definition) is 1. The molecule has 0 unspecified atom stereocenters. The largest absolute Gasteiger partial charge is 0.361 e. The molecule has 88 valence electrons. The highest BCUT2D eigenvalue weighted by molar-refractivity contribution is 6.30. The first-order valence-corrected chi connectivity index (χ1v) is 6.06. The molecule has 2 aromatic heterocycles. The van der Waals surface area contributed by atoms with Gasteiger partial charge < -0.3 is 4.98 Å². The van der Waals surface area contributed by atoms with Crippen LogP contribution in [0.25, 0.3) is 22.4 Å². The molecule has 0 amide bonds. The molecule has 0 aliphatic rings. The summed E-state index contributed by atoms with van der Waals surface area (Å²) in [5.74, 6) is 0. The number of halogens is 1. The van der Waals surface area contributed by atoms with Crippen LogP contribution in [0.4, 0.5) is 0 Å². The minimum atomic E-state index is 0.750. The summed E-state index contributed by atoms with van der Waals surface area (Å²) in [6.45, 7) is 0. The second-order valence-electron chi connectivity index (χ2n) is 4.01. The summed E-state index contributed by atoms with van der Waals surface area (Å²) in [6.07, 6.45) is 5.53. The Bertz CT molecular complexity index is 642. The van der Waals surface area contributed by atoms with Gasteiger partial charge in [-0.2, -0.15) is 0 Å². The van der Waals surface area contributed by atoms with Crippen molar-refractivity contribution in [3.05, 3.63) is 66.1 Å². The molecular weight excluding hydrogens is 244 g/mol. The van der Waals surface area contributed by atoms with E-state index in [4.69, 9.17) is 11.6 Å². The maximum absolute atomic E-state index is 5.91. The lowest BCUT2D eigenvalue weighted by molar-refractivity contribution is 1.31. The molecule has 0 saturated heterocycles. The molecule has 1 N–H and O–H groups in total. The number of aromatic nitrogens is 2. The van der Waals surface area contributed by atoms with Crippen LogP contribution in [-0.4, -0.2) is 9.97 Å². The number of hydrogen-bond acceptors (Lipinski definition) is 1. The normalized spacial score (nSPS) is 10.5. The first-order valence-electron chi connectivity index (χ1n) is 5.68. The standard InChI is InChI=1S/C15H11ClN2/c16-13-3-1-11(2-4-13)14-7-10-18-15(14)12-5-8-17-9-6-12/h1-10,18H. The molecule has 0 spiro atoms. The van der Waals surface area contributed by atoms with E-state index in [1.807, 2.05) is 42.6 Å². The van der Waals surface area contributed by atoms with Crippen molar-refractivity contribution >= 4 is 11.6 Å². The Labute approximate surface area is 110 Å². The summed E-state index contributed by atoms with van der Waals surface area (Å²) in [5.41, 5.74) is 4.53. The maximum Gasteiger partial charge on any atom is 0.0534 e. The molecule has 0 fully saturated rings. The van der Waals surface area contributed by atoms with E-state index in [2.05, 4.69) is 16.0 Å². The molecule has 3 rings (SSSR count). The predicted molar refractivity (Wildman–Crippen MR) is 74.5 cm³/mol. The SMILES string of the molecule is Clc1ccc(-c2cc[nH]c2-c2ccncc2)cc1. The van der Waals surface area contributed by atoms with Crippen LogP contribution in [-0.2, 0) is 0 Å². The van der Waals surface area contributed by atoms with Gasteiger partial charge in [-0.15, -0.1) is 0 Å². The summed E-state index contributed by atoms with van der Waals surface area (Å²) in [6, 6.07) is 13.9. The van der Waals surface area contributed by atoms with E-state index in [9.17, 15) is 0 Å². The van der Waals surface area contributed by atoms with Crippen molar-refractivity contribution in [2.45, 2.75) is 0 Å². The van der Waals surface area contributed by atoms with Crippen molar-refractivity contribution in [2.75, 3.05) is 0 Å². The number of nitrogens with zero attached hydrogens (tertiary/aromatic N) is 1. The molecular formula is C15H11ClN2. The van der Waals surface area contributed by atoms with E-state index in [1.165, 1.54) is 0 Å². The molecule has 0 bridgehead atoms.